The van der Waals surface area contributed by atoms with E-state index in [0.717, 1.165) is 11.3 Å². The van der Waals surface area contributed by atoms with Crippen molar-refractivity contribution in [3.63, 3.8) is 0 Å². The highest BCUT2D eigenvalue weighted by Gasteiger charge is 2.06. The van der Waals surface area contributed by atoms with Crippen LogP contribution < -0.4 is 10.6 Å². The van der Waals surface area contributed by atoms with Crippen LogP contribution in [0.1, 0.15) is 22.8 Å². The minimum Gasteiger partial charge on any atom is -0.462 e. The Morgan fingerprint density at radius 3 is 2.39 bits per heavy atom. The molecule has 0 heterocycles. The number of benzene rings is 2. The van der Waals surface area contributed by atoms with E-state index in [1.807, 2.05) is 24.3 Å². The third-order valence-corrected chi connectivity index (χ3v) is 3.52. The molecule has 2 aromatic carbocycles. The van der Waals surface area contributed by atoms with E-state index in [-0.39, 0.29) is 5.97 Å². The summed E-state index contributed by atoms with van der Waals surface area (Å²) in [4.78, 5) is 11.6. The van der Waals surface area contributed by atoms with Crippen molar-refractivity contribution >= 4 is 40.6 Å². The van der Waals surface area contributed by atoms with E-state index >= 15 is 0 Å². The summed E-state index contributed by atoms with van der Waals surface area (Å²) in [7, 11) is 0. The molecule has 6 heteroatoms. The third kappa shape index (κ3) is 5.54. The van der Waals surface area contributed by atoms with Gasteiger partial charge < -0.3 is 15.4 Å². The summed E-state index contributed by atoms with van der Waals surface area (Å²) in [6.45, 7) is 2.74. The highest BCUT2D eigenvalue weighted by molar-refractivity contribution is 7.80. The maximum atomic E-state index is 11.6. The number of nitrogens with one attached hydrogen (secondary N) is 2. The summed E-state index contributed by atoms with van der Waals surface area (Å²) in [6.07, 6.45) is 0. The quantitative estimate of drug-likeness (QED) is 0.631. The zero-order chi connectivity index (χ0) is 16.7. The predicted octanol–water partition coefficient (Wildman–Crippen LogP) is 4.00. The van der Waals surface area contributed by atoms with E-state index in [0.29, 0.717) is 28.9 Å². The van der Waals surface area contributed by atoms with Crippen LogP contribution in [0.2, 0.25) is 5.02 Å². The lowest BCUT2D eigenvalue weighted by Gasteiger charge is -2.11. The number of hydrogen-bond donors (Lipinski definition) is 2. The monoisotopic (exact) mass is 348 g/mol. The Kier molecular flexibility index (Phi) is 6.38. The van der Waals surface area contributed by atoms with Crippen LogP contribution in [0.5, 0.6) is 0 Å². The largest absolute Gasteiger partial charge is 0.462 e. The van der Waals surface area contributed by atoms with Crippen molar-refractivity contribution in [2.45, 2.75) is 13.5 Å². The Labute approximate surface area is 145 Å². The van der Waals surface area contributed by atoms with Gasteiger partial charge in [0.15, 0.2) is 5.11 Å². The number of halogens is 1. The molecule has 120 valence electrons. The molecule has 0 saturated carbocycles. The average molecular weight is 349 g/mol. The number of carbonyl (C=O) groups excluding carboxylic acids is 1. The zero-order valence-electron chi connectivity index (χ0n) is 12.6. The summed E-state index contributed by atoms with van der Waals surface area (Å²) in [5.74, 6) is -0.331. The van der Waals surface area contributed by atoms with Crippen molar-refractivity contribution in [1.82, 2.24) is 5.32 Å². The van der Waals surface area contributed by atoms with Crippen molar-refractivity contribution in [3.8, 4) is 0 Å². The van der Waals surface area contributed by atoms with Gasteiger partial charge >= 0.3 is 5.97 Å². The van der Waals surface area contributed by atoms with E-state index in [1.54, 1.807) is 31.2 Å². The lowest BCUT2D eigenvalue weighted by Crippen LogP contribution is -2.27. The van der Waals surface area contributed by atoms with Gasteiger partial charge in [-0.2, -0.15) is 0 Å². The molecule has 0 aliphatic carbocycles. The van der Waals surface area contributed by atoms with E-state index in [4.69, 9.17) is 28.6 Å². The molecule has 0 saturated heterocycles. The molecule has 0 fully saturated rings. The van der Waals surface area contributed by atoms with Gasteiger partial charge in [-0.3, -0.25) is 0 Å². The SMILES string of the molecule is CCOC(=O)c1ccc(NC(=S)NCc2ccc(Cl)cc2)cc1. The maximum Gasteiger partial charge on any atom is 0.338 e. The molecule has 4 nitrogen and oxygen atoms in total. The molecular formula is C17H17ClN2O2S. The molecule has 0 aliphatic heterocycles. The second kappa shape index (κ2) is 8.50. The van der Waals surface area contributed by atoms with Gasteiger partial charge in [-0.25, -0.2) is 4.79 Å². The normalized spacial score (nSPS) is 10.0. The van der Waals surface area contributed by atoms with Gasteiger partial charge in [0.2, 0.25) is 0 Å². The molecular weight excluding hydrogens is 332 g/mol. The van der Waals surface area contributed by atoms with E-state index in [1.165, 1.54) is 0 Å². The molecule has 23 heavy (non-hydrogen) atoms. The van der Waals surface area contributed by atoms with Gasteiger partial charge in [-0.05, 0) is 61.1 Å². The molecule has 0 bridgehead atoms. The number of esters is 1. The highest BCUT2D eigenvalue weighted by atomic mass is 35.5. The van der Waals surface area contributed by atoms with Gasteiger partial charge in [0.05, 0.1) is 12.2 Å². The first kappa shape index (κ1) is 17.2. The number of carbonyl (C=O) groups is 1. The van der Waals surface area contributed by atoms with E-state index < -0.39 is 0 Å². The molecule has 0 radical (unpaired) electrons. The van der Waals surface area contributed by atoms with Crippen LogP contribution in [0.4, 0.5) is 5.69 Å². The first-order valence-electron chi connectivity index (χ1n) is 7.15. The fourth-order valence-corrected chi connectivity index (χ4v) is 2.18. The van der Waals surface area contributed by atoms with Crippen LogP contribution in [-0.2, 0) is 11.3 Å². The van der Waals surface area contributed by atoms with Crippen molar-refractivity contribution in [2.75, 3.05) is 11.9 Å². The first-order valence-corrected chi connectivity index (χ1v) is 7.93. The zero-order valence-corrected chi connectivity index (χ0v) is 14.2. The smallest absolute Gasteiger partial charge is 0.338 e. The van der Waals surface area contributed by atoms with Gasteiger partial charge in [-0.1, -0.05) is 23.7 Å². The number of rotatable bonds is 5. The minimum atomic E-state index is -0.331. The lowest BCUT2D eigenvalue weighted by molar-refractivity contribution is 0.0526. The summed E-state index contributed by atoms with van der Waals surface area (Å²) in [5, 5.41) is 7.38. The van der Waals surface area contributed by atoms with Crippen LogP contribution in [0.15, 0.2) is 48.5 Å². The van der Waals surface area contributed by atoms with Gasteiger partial charge in [-0.15, -0.1) is 0 Å². The molecule has 0 amide bonds. The van der Waals surface area contributed by atoms with Crippen molar-refractivity contribution < 1.29 is 9.53 Å². The number of ether oxygens (including phenoxy) is 1. The van der Waals surface area contributed by atoms with Crippen molar-refractivity contribution in [3.05, 3.63) is 64.7 Å². The van der Waals surface area contributed by atoms with Crippen LogP contribution in [0.25, 0.3) is 0 Å². The van der Waals surface area contributed by atoms with Crippen LogP contribution in [0.3, 0.4) is 0 Å². The standard InChI is InChI=1S/C17H17ClN2O2S/c1-2-22-16(21)13-5-9-15(10-6-13)20-17(23)19-11-12-3-7-14(18)8-4-12/h3-10H,2,11H2,1H3,(H2,19,20,23). The fraction of sp³-hybridized carbons (Fsp3) is 0.176. The molecule has 0 aromatic heterocycles. The van der Waals surface area contributed by atoms with E-state index in [9.17, 15) is 4.79 Å². The summed E-state index contributed by atoms with van der Waals surface area (Å²) in [5.41, 5.74) is 2.39. The Morgan fingerprint density at radius 1 is 1.13 bits per heavy atom. The molecule has 2 rings (SSSR count). The topological polar surface area (TPSA) is 50.4 Å². The molecule has 2 N–H and O–H groups in total. The second-order valence-electron chi connectivity index (χ2n) is 4.73. The average Bonchev–Trinajstić information content (AvgIpc) is 2.55. The predicted molar refractivity (Wildman–Crippen MR) is 96.9 cm³/mol. The fourth-order valence-electron chi connectivity index (χ4n) is 1.86. The van der Waals surface area contributed by atoms with Crippen LogP contribution >= 0.6 is 23.8 Å². The van der Waals surface area contributed by atoms with Crippen molar-refractivity contribution in [1.29, 1.82) is 0 Å². The van der Waals surface area contributed by atoms with Crippen LogP contribution in [0, 0.1) is 0 Å². The molecule has 2 aromatic rings. The summed E-state index contributed by atoms with van der Waals surface area (Å²) < 4.78 is 4.94. The Morgan fingerprint density at radius 2 is 1.78 bits per heavy atom. The number of hydrogen-bond acceptors (Lipinski definition) is 3. The van der Waals surface area contributed by atoms with Crippen molar-refractivity contribution in [2.24, 2.45) is 0 Å². The highest BCUT2D eigenvalue weighted by Crippen LogP contribution is 2.11. The number of anilines is 1. The summed E-state index contributed by atoms with van der Waals surface area (Å²) >= 11 is 11.1. The van der Waals surface area contributed by atoms with Crippen LogP contribution in [-0.4, -0.2) is 17.7 Å². The van der Waals surface area contributed by atoms with Gasteiger partial charge in [0.25, 0.3) is 0 Å². The molecule has 0 spiro atoms. The Balaban J connectivity index is 1.85. The molecule has 0 unspecified atom stereocenters. The van der Waals surface area contributed by atoms with E-state index in [2.05, 4.69) is 10.6 Å². The van der Waals surface area contributed by atoms with Gasteiger partial charge in [0.1, 0.15) is 0 Å². The number of thiocarbonyl (C=S) groups is 1. The molecule has 0 atom stereocenters. The second-order valence-corrected chi connectivity index (χ2v) is 5.58. The minimum absolute atomic E-state index is 0.331. The maximum absolute atomic E-state index is 11.6. The van der Waals surface area contributed by atoms with Gasteiger partial charge in [0, 0.05) is 17.3 Å². The lowest BCUT2D eigenvalue weighted by atomic mass is 10.2. The third-order valence-electron chi connectivity index (χ3n) is 3.02. The molecule has 0 aliphatic rings. The Bertz CT molecular complexity index is 672. The Hall–Kier alpha value is -2.11. The summed E-state index contributed by atoms with van der Waals surface area (Å²) in [6, 6.07) is 14.5. The first-order chi connectivity index (χ1) is 11.1.